The molecule has 0 atom stereocenters. The summed E-state index contributed by atoms with van der Waals surface area (Å²) in [5, 5.41) is 13.5. The first-order chi connectivity index (χ1) is 13.6. The number of halogens is 2. The van der Waals surface area contributed by atoms with Gasteiger partial charge in [0.1, 0.15) is 6.33 Å². The van der Waals surface area contributed by atoms with Crippen molar-refractivity contribution in [3.63, 3.8) is 0 Å². The molecule has 3 aromatic rings. The van der Waals surface area contributed by atoms with Gasteiger partial charge in [0.25, 0.3) is 0 Å². The molecule has 8 nitrogen and oxygen atoms in total. The van der Waals surface area contributed by atoms with Crippen molar-refractivity contribution in [3.05, 3.63) is 60.4 Å². The van der Waals surface area contributed by atoms with E-state index < -0.39 is 12.5 Å². The van der Waals surface area contributed by atoms with Crippen molar-refractivity contribution in [2.75, 3.05) is 12.4 Å². The molecule has 0 aliphatic heterocycles. The Kier molecular flexibility index (Phi) is 5.90. The monoisotopic (exact) mass is 387 g/mol. The lowest BCUT2D eigenvalue weighted by Crippen LogP contribution is -2.08. The van der Waals surface area contributed by atoms with Crippen LogP contribution in [0.5, 0.6) is 11.5 Å². The summed E-state index contributed by atoms with van der Waals surface area (Å²) in [4.78, 5) is 12.1. The van der Waals surface area contributed by atoms with Gasteiger partial charge >= 0.3 is 6.61 Å². The van der Waals surface area contributed by atoms with Gasteiger partial charge in [0.2, 0.25) is 5.91 Å². The molecule has 0 unspecified atom stereocenters. The fourth-order valence-corrected chi connectivity index (χ4v) is 2.37. The molecule has 0 radical (unpaired) electrons. The van der Waals surface area contributed by atoms with Gasteiger partial charge in [-0.2, -0.15) is 8.78 Å². The van der Waals surface area contributed by atoms with E-state index in [0.717, 1.165) is 5.69 Å². The van der Waals surface area contributed by atoms with E-state index in [-0.39, 0.29) is 17.1 Å². The Hall–Kier alpha value is -3.82. The van der Waals surface area contributed by atoms with Crippen molar-refractivity contribution >= 4 is 17.7 Å². The van der Waals surface area contributed by atoms with Crippen molar-refractivity contribution < 1.29 is 23.0 Å². The summed E-state index contributed by atoms with van der Waals surface area (Å²) in [6, 6.07) is 11.4. The van der Waals surface area contributed by atoms with Gasteiger partial charge in [-0.1, -0.05) is 12.1 Å². The lowest BCUT2D eigenvalue weighted by Gasteiger charge is -2.12. The maximum Gasteiger partial charge on any atom is 0.387 e. The number of benzene rings is 2. The number of hydrogen-bond donors (Lipinski definition) is 1. The van der Waals surface area contributed by atoms with Crippen LogP contribution in [0.25, 0.3) is 11.8 Å². The molecule has 2 aromatic carbocycles. The Balaban J connectivity index is 1.70. The van der Waals surface area contributed by atoms with Gasteiger partial charge in [0.05, 0.1) is 12.8 Å². The number of amides is 1. The van der Waals surface area contributed by atoms with Crippen LogP contribution in [-0.2, 0) is 4.79 Å². The highest BCUT2D eigenvalue weighted by atomic mass is 19.3. The maximum absolute atomic E-state index is 12.6. The van der Waals surface area contributed by atoms with E-state index in [2.05, 4.69) is 25.6 Å². The lowest BCUT2D eigenvalue weighted by molar-refractivity contribution is -0.111. The number of carbonyl (C=O) groups is 1. The molecule has 0 bridgehead atoms. The molecule has 0 fully saturated rings. The van der Waals surface area contributed by atoms with Crippen molar-refractivity contribution in [1.82, 2.24) is 20.2 Å². The van der Waals surface area contributed by atoms with Crippen LogP contribution in [0.1, 0.15) is 5.56 Å². The molecule has 10 heteroatoms. The standard InChI is InChI=1S/C18H15F2N5O3/c1-27-15-4-2-3-12(17(15)28-18(19)20)5-10-16(26)22-13-6-8-14(9-7-13)25-11-21-23-24-25/h2-11,18H,1H3,(H,22,26)/b10-5+. The molecule has 1 N–H and O–H groups in total. The topological polar surface area (TPSA) is 91.2 Å². The van der Waals surface area contributed by atoms with E-state index in [1.807, 2.05) is 0 Å². The average Bonchev–Trinajstić information content (AvgIpc) is 3.22. The summed E-state index contributed by atoms with van der Waals surface area (Å²) in [6.45, 7) is -3.02. The number of ether oxygens (including phenoxy) is 2. The first-order valence-electron chi connectivity index (χ1n) is 8.01. The number of tetrazole rings is 1. The Morgan fingerprint density at radius 2 is 2.00 bits per heavy atom. The minimum atomic E-state index is -3.02. The summed E-state index contributed by atoms with van der Waals surface area (Å²) >= 11 is 0. The van der Waals surface area contributed by atoms with Gasteiger partial charge in [0, 0.05) is 17.3 Å². The summed E-state index contributed by atoms with van der Waals surface area (Å²) in [6.07, 6.45) is 4.02. The van der Waals surface area contributed by atoms with Gasteiger partial charge in [0.15, 0.2) is 11.5 Å². The minimum absolute atomic E-state index is 0.140. The zero-order valence-electron chi connectivity index (χ0n) is 14.6. The molecule has 0 saturated heterocycles. The summed E-state index contributed by atoms with van der Waals surface area (Å²) in [7, 11) is 1.34. The van der Waals surface area contributed by atoms with Crippen LogP contribution in [0.15, 0.2) is 54.9 Å². The Morgan fingerprint density at radius 1 is 1.21 bits per heavy atom. The number of carbonyl (C=O) groups excluding carboxylic acids is 1. The largest absolute Gasteiger partial charge is 0.493 e. The molecule has 28 heavy (non-hydrogen) atoms. The average molecular weight is 387 g/mol. The molecule has 0 aliphatic rings. The van der Waals surface area contributed by atoms with Crippen molar-refractivity contribution in [1.29, 1.82) is 0 Å². The highest BCUT2D eigenvalue weighted by molar-refractivity contribution is 6.02. The number of nitrogens with zero attached hydrogens (tertiary/aromatic N) is 4. The maximum atomic E-state index is 12.6. The van der Waals surface area contributed by atoms with Gasteiger partial charge in [-0.25, -0.2) is 4.68 Å². The van der Waals surface area contributed by atoms with Crippen LogP contribution in [0.4, 0.5) is 14.5 Å². The second-order valence-electron chi connectivity index (χ2n) is 5.38. The van der Waals surface area contributed by atoms with Crippen molar-refractivity contribution in [3.8, 4) is 17.2 Å². The lowest BCUT2D eigenvalue weighted by atomic mass is 10.1. The number of hydrogen-bond acceptors (Lipinski definition) is 6. The normalized spacial score (nSPS) is 11.0. The van der Waals surface area contributed by atoms with Gasteiger partial charge in [-0.15, -0.1) is 5.10 Å². The molecule has 1 aromatic heterocycles. The Labute approximate surface area is 158 Å². The van der Waals surface area contributed by atoms with Gasteiger partial charge in [-0.3, -0.25) is 4.79 Å². The van der Waals surface area contributed by atoms with Crippen LogP contribution < -0.4 is 14.8 Å². The number of methoxy groups -OCH3 is 1. The molecule has 0 aliphatic carbocycles. The van der Waals surface area contributed by atoms with Crippen LogP contribution in [0.3, 0.4) is 0 Å². The van der Waals surface area contributed by atoms with E-state index >= 15 is 0 Å². The number of alkyl halides is 2. The molecule has 3 rings (SSSR count). The van der Waals surface area contributed by atoms with Crippen molar-refractivity contribution in [2.24, 2.45) is 0 Å². The predicted molar refractivity (Wildman–Crippen MR) is 96.4 cm³/mol. The zero-order chi connectivity index (χ0) is 19.9. The first-order valence-corrected chi connectivity index (χ1v) is 8.01. The van der Waals surface area contributed by atoms with Crippen LogP contribution in [0.2, 0.25) is 0 Å². The highest BCUT2D eigenvalue weighted by Gasteiger charge is 2.14. The number of nitrogens with one attached hydrogen (secondary N) is 1. The zero-order valence-corrected chi connectivity index (χ0v) is 14.6. The third-order valence-corrected chi connectivity index (χ3v) is 3.60. The number of anilines is 1. The third-order valence-electron chi connectivity index (χ3n) is 3.60. The van der Waals surface area contributed by atoms with Crippen LogP contribution >= 0.6 is 0 Å². The molecule has 1 heterocycles. The predicted octanol–water partition coefficient (Wildman–Crippen LogP) is 2.92. The fourth-order valence-electron chi connectivity index (χ4n) is 2.37. The Bertz CT molecular complexity index is 960. The second kappa shape index (κ2) is 8.71. The van der Waals surface area contributed by atoms with E-state index in [4.69, 9.17) is 4.74 Å². The first kappa shape index (κ1) is 19.0. The van der Waals surface area contributed by atoms with E-state index in [1.165, 1.54) is 42.4 Å². The molecule has 1 amide bonds. The molecular weight excluding hydrogens is 372 g/mol. The van der Waals surface area contributed by atoms with E-state index in [0.29, 0.717) is 5.69 Å². The van der Waals surface area contributed by atoms with Crippen LogP contribution in [-0.4, -0.2) is 39.8 Å². The van der Waals surface area contributed by atoms with Crippen molar-refractivity contribution in [2.45, 2.75) is 6.61 Å². The van der Waals surface area contributed by atoms with Gasteiger partial charge < -0.3 is 14.8 Å². The second-order valence-corrected chi connectivity index (χ2v) is 5.38. The van der Waals surface area contributed by atoms with E-state index in [9.17, 15) is 13.6 Å². The minimum Gasteiger partial charge on any atom is -0.493 e. The SMILES string of the molecule is COc1cccc(/C=C/C(=O)Nc2ccc(-n3cnnn3)cc2)c1OC(F)F. The molecule has 144 valence electrons. The van der Waals surface area contributed by atoms with Gasteiger partial charge in [-0.05, 0) is 46.8 Å². The van der Waals surface area contributed by atoms with E-state index in [1.54, 1.807) is 30.3 Å². The number of para-hydroxylation sites is 1. The smallest absolute Gasteiger partial charge is 0.387 e. The third kappa shape index (κ3) is 4.67. The number of rotatable bonds is 7. The molecular formula is C18H15F2N5O3. The highest BCUT2D eigenvalue weighted by Crippen LogP contribution is 2.33. The summed E-state index contributed by atoms with van der Waals surface area (Å²) in [5.74, 6) is -0.447. The van der Waals surface area contributed by atoms with Crippen LogP contribution in [0, 0.1) is 0 Å². The quantitative estimate of drug-likeness (QED) is 0.627. The fraction of sp³-hybridized carbons (Fsp3) is 0.111. The molecule has 0 spiro atoms. The number of aromatic nitrogens is 4. The Morgan fingerprint density at radius 3 is 2.64 bits per heavy atom. The molecule has 0 saturated carbocycles. The summed E-state index contributed by atoms with van der Waals surface area (Å²) < 4.78 is 36.3. The summed E-state index contributed by atoms with van der Waals surface area (Å²) in [5.41, 5.74) is 1.55.